The van der Waals surface area contributed by atoms with E-state index in [4.69, 9.17) is 4.74 Å². The molecule has 7 nitrogen and oxygen atoms in total. The molecule has 0 N–H and O–H groups in total. The van der Waals surface area contributed by atoms with Gasteiger partial charge in [0, 0.05) is 0 Å². The van der Waals surface area contributed by atoms with E-state index in [0.29, 0.717) is 19.3 Å². The molecule has 0 unspecified atom stereocenters. The van der Waals surface area contributed by atoms with E-state index in [1.165, 1.54) is 78.4 Å². The largest absolute Gasteiger partial charge is 0.469 e. The number of carbonyl (C=O) groups excluding carboxylic acids is 3. The summed E-state index contributed by atoms with van der Waals surface area (Å²) in [5.74, 6) is -0.430. The van der Waals surface area contributed by atoms with Crippen LogP contribution in [-0.2, 0) is 28.6 Å². The van der Waals surface area contributed by atoms with Crippen molar-refractivity contribution in [3.05, 3.63) is 48.6 Å². The van der Waals surface area contributed by atoms with Gasteiger partial charge in [0.1, 0.15) is 6.10 Å². The number of nitrogens with zero attached hydrogens (tertiary/aromatic N) is 1. The van der Waals surface area contributed by atoms with Crippen LogP contribution in [0.3, 0.4) is 0 Å². The zero-order valence-corrected chi connectivity index (χ0v) is 35.6. The van der Waals surface area contributed by atoms with Crippen LogP contribution in [0.1, 0.15) is 175 Å². The zero-order valence-electron chi connectivity index (χ0n) is 35.6. The molecule has 0 aromatic carbocycles. The average molecular weight is 744 g/mol. The number of allylic oxidation sites excluding steroid dienone is 6. The van der Waals surface area contributed by atoms with Crippen LogP contribution in [0, 0.1) is 10.8 Å². The van der Waals surface area contributed by atoms with E-state index in [2.05, 4.69) is 80.5 Å². The molecule has 0 saturated carbocycles. The quantitative estimate of drug-likeness (QED) is 0.0281. The molecular formula is C46H81NO6. The van der Waals surface area contributed by atoms with Crippen molar-refractivity contribution in [3.63, 3.8) is 0 Å². The average Bonchev–Trinajstić information content (AvgIpc) is 3.09. The summed E-state index contributed by atoms with van der Waals surface area (Å²) in [6.07, 6.45) is 40.2. The maximum atomic E-state index is 13.3. The standard InChI is InChI=1S/C46H81NO6/c1-45(2,37-38-47(5)6)40-46(3,4)39-44(50)53-41(33-29-25-21-17-13-9-11-15-19-23-27-31-35-42(48)51-7)34-30-26-22-18-14-10-12-16-20-24-28-32-36-43(49)52-8/h15-16,19-20,27-28,31-32,41H,9-14,17-18,21-26,29-30,33-40H2,1-8H3/b19-15-,20-16-,31-27-,32-28-. The van der Waals surface area contributed by atoms with Crippen LogP contribution in [-0.4, -0.2) is 63.8 Å². The number of rotatable bonds is 34. The van der Waals surface area contributed by atoms with Crippen LogP contribution in [0.15, 0.2) is 48.6 Å². The topological polar surface area (TPSA) is 82.1 Å². The first-order chi connectivity index (χ1) is 25.3. The van der Waals surface area contributed by atoms with Gasteiger partial charge in [-0.25, -0.2) is 0 Å². The molecule has 0 aliphatic heterocycles. The van der Waals surface area contributed by atoms with Crippen LogP contribution in [0.2, 0.25) is 0 Å². The fourth-order valence-electron chi connectivity index (χ4n) is 6.84. The Morgan fingerprint density at radius 2 is 0.962 bits per heavy atom. The Labute approximate surface area is 326 Å². The summed E-state index contributed by atoms with van der Waals surface area (Å²) < 4.78 is 15.5. The molecule has 0 amide bonds. The van der Waals surface area contributed by atoms with Gasteiger partial charge in [-0.3, -0.25) is 14.4 Å². The Balaban J connectivity index is 4.57. The molecule has 0 rings (SSSR count). The van der Waals surface area contributed by atoms with Gasteiger partial charge in [-0.05, 0) is 109 Å². The SMILES string of the molecule is COC(=O)C/C=C\C/C=C\CCCCCCCCC(CCCCCCCC/C=C\C/C=C\CC(=O)OC)OC(=O)CC(C)(C)CC(C)(C)CCN(C)C. The first-order valence-electron chi connectivity index (χ1n) is 20.9. The third-order valence-corrected chi connectivity index (χ3v) is 9.64. The second kappa shape index (κ2) is 32.7. The zero-order chi connectivity index (χ0) is 39.6. The molecule has 0 aliphatic rings. The molecule has 0 bridgehead atoms. The van der Waals surface area contributed by atoms with Crippen molar-refractivity contribution < 1.29 is 28.6 Å². The molecule has 0 radical (unpaired) electrons. The first kappa shape index (κ1) is 50.3. The lowest BCUT2D eigenvalue weighted by atomic mass is 9.72. The van der Waals surface area contributed by atoms with E-state index in [0.717, 1.165) is 70.8 Å². The molecule has 0 atom stereocenters. The van der Waals surface area contributed by atoms with Crippen LogP contribution in [0.25, 0.3) is 0 Å². The molecule has 0 aliphatic carbocycles. The number of hydrogen-bond acceptors (Lipinski definition) is 7. The van der Waals surface area contributed by atoms with Gasteiger partial charge in [0.25, 0.3) is 0 Å². The molecule has 53 heavy (non-hydrogen) atoms. The Morgan fingerprint density at radius 1 is 0.547 bits per heavy atom. The van der Waals surface area contributed by atoms with Crippen molar-refractivity contribution >= 4 is 17.9 Å². The lowest BCUT2D eigenvalue weighted by molar-refractivity contribution is -0.152. The molecular weight excluding hydrogens is 663 g/mol. The smallest absolute Gasteiger partial charge is 0.309 e. The van der Waals surface area contributed by atoms with E-state index in [1.807, 2.05) is 24.3 Å². The molecule has 0 heterocycles. The minimum atomic E-state index is -0.202. The number of methoxy groups -OCH3 is 2. The van der Waals surface area contributed by atoms with Crippen LogP contribution >= 0.6 is 0 Å². The van der Waals surface area contributed by atoms with E-state index in [1.54, 1.807) is 0 Å². The Hall–Kier alpha value is -2.67. The lowest BCUT2D eigenvalue weighted by Crippen LogP contribution is -2.30. The van der Waals surface area contributed by atoms with E-state index in [9.17, 15) is 14.4 Å². The minimum Gasteiger partial charge on any atom is -0.469 e. The summed E-state index contributed by atoms with van der Waals surface area (Å²) in [6.45, 7) is 10.2. The van der Waals surface area contributed by atoms with Gasteiger partial charge < -0.3 is 19.1 Å². The number of carbonyl (C=O) groups is 3. The summed E-state index contributed by atoms with van der Waals surface area (Å²) in [6, 6.07) is 0. The Kier molecular flexibility index (Phi) is 31.1. The van der Waals surface area contributed by atoms with Gasteiger partial charge in [-0.15, -0.1) is 0 Å². The van der Waals surface area contributed by atoms with Crippen LogP contribution in [0.4, 0.5) is 0 Å². The molecule has 0 fully saturated rings. The van der Waals surface area contributed by atoms with Crippen LogP contribution in [0.5, 0.6) is 0 Å². The molecule has 306 valence electrons. The van der Waals surface area contributed by atoms with Crippen molar-refractivity contribution in [1.29, 1.82) is 0 Å². The van der Waals surface area contributed by atoms with Gasteiger partial charge >= 0.3 is 17.9 Å². The molecule has 0 saturated heterocycles. The molecule has 0 aromatic heterocycles. The minimum absolute atomic E-state index is 0.0255. The number of esters is 3. The lowest BCUT2D eigenvalue weighted by Gasteiger charge is -2.35. The predicted molar refractivity (Wildman–Crippen MR) is 223 cm³/mol. The van der Waals surface area contributed by atoms with Crippen LogP contribution < -0.4 is 0 Å². The van der Waals surface area contributed by atoms with Gasteiger partial charge in [0.15, 0.2) is 0 Å². The van der Waals surface area contributed by atoms with Crippen molar-refractivity contribution in [3.8, 4) is 0 Å². The van der Waals surface area contributed by atoms with E-state index < -0.39 is 0 Å². The van der Waals surface area contributed by atoms with E-state index >= 15 is 0 Å². The fourth-order valence-corrected chi connectivity index (χ4v) is 6.84. The Bertz CT molecular complexity index is 998. The van der Waals surface area contributed by atoms with Gasteiger partial charge in [0.2, 0.25) is 0 Å². The monoisotopic (exact) mass is 744 g/mol. The summed E-state index contributed by atoms with van der Waals surface area (Å²) >= 11 is 0. The summed E-state index contributed by atoms with van der Waals surface area (Å²) in [5.41, 5.74) is 0.0818. The highest BCUT2D eigenvalue weighted by Gasteiger charge is 2.32. The highest BCUT2D eigenvalue weighted by atomic mass is 16.5. The normalized spacial score (nSPS) is 12.7. The fraction of sp³-hybridized carbons (Fsp3) is 0.761. The third kappa shape index (κ3) is 34.8. The number of hydrogen-bond donors (Lipinski definition) is 0. The number of ether oxygens (including phenoxy) is 3. The third-order valence-electron chi connectivity index (χ3n) is 9.64. The highest BCUT2D eigenvalue weighted by molar-refractivity contribution is 5.71. The van der Waals surface area contributed by atoms with Crippen molar-refractivity contribution in [2.24, 2.45) is 10.8 Å². The van der Waals surface area contributed by atoms with Crippen molar-refractivity contribution in [1.82, 2.24) is 4.90 Å². The van der Waals surface area contributed by atoms with E-state index in [-0.39, 0.29) is 34.8 Å². The second-order valence-corrected chi connectivity index (χ2v) is 16.7. The van der Waals surface area contributed by atoms with Gasteiger partial charge in [0.05, 0.1) is 33.5 Å². The van der Waals surface area contributed by atoms with Gasteiger partial charge in [-0.2, -0.15) is 0 Å². The molecule has 7 heteroatoms. The molecule has 0 spiro atoms. The maximum Gasteiger partial charge on any atom is 0.309 e. The van der Waals surface area contributed by atoms with Crippen molar-refractivity contribution in [2.75, 3.05) is 34.9 Å². The highest BCUT2D eigenvalue weighted by Crippen LogP contribution is 2.39. The second-order valence-electron chi connectivity index (χ2n) is 16.7. The summed E-state index contributed by atoms with van der Waals surface area (Å²) in [7, 11) is 7.07. The first-order valence-corrected chi connectivity index (χ1v) is 20.9. The summed E-state index contributed by atoms with van der Waals surface area (Å²) in [5, 5.41) is 0. The van der Waals surface area contributed by atoms with Crippen molar-refractivity contribution in [2.45, 2.75) is 181 Å². The van der Waals surface area contributed by atoms with Gasteiger partial charge in [-0.1, -0.05) is 128 Å². The molecule has 0 aromatic rings. The number of unbranched alkanes of at least 4 members (excludes halogenated alkanes) is 12. The maximum absolute atomic E-state index is 13.3. The Morgan fingerprint density at radius 3 is 1.40 bits per heavy atom. The summed E-state index contributed by atoms with van der Waals surface area (Å²) in [4.78, 5) is 37.8. The predicted octanol–water partition coefficient (Wildman–Crippen LogP) is 12.1.